The first-order valence-electron chi connectivity index (χ1n) is 13.4. The molecule has 1 spiro atoms. The second-order valence-electron chi connectivity index (χ2n) is 11.2. The van der Waals surface area contributed by atoms with Crippen LogP contribution in [0.3, 0.4) is 0 Å². The van der Waals surface area contributed by atoms with Crippen molar-refractivity contribution < 1.29 is 23.9 Å². The van der Waals surface area contributed by atoms with Gasteiger partial charge < -0.3 is 14.4 Å². The van der Waals surface area contributed by atoms with Crippen LogP contribution in [0, 0.1) is 0 Å². The number of ether oxygens (including phenoxy) is 2. The van der Waals surface area contributed by atoms with Crippen molar-refractivity contribution in [2.75, 3.05) is 19.7 Å². The zero-order valence-electron chi connectivity index (χ0n) is 20.8. The number of hydrogen-bond acceptors (Lipinski definition) is 6. The molecule has 2 aromatic rings. The Kier molecular flexibility index (Phi) is 5.29. The Labute approximate surface area is 215 Å². The van der Waals surface area contributed by atoms with Crippen molar-refractivity contribution >= 4 is 17.7 Å². The molecule has 2 aromatic carbocycles. The predicted molar refractivity (Wildman–Crippen MR) is 134 cm³/mol. The van der Waals surface area contributed by atoms with Crippen LogP contribution in [-0.2, 0) is 28.1 Å². The number of rotatable bonds is 5. The lowest BCUT2D eigenvalue weighted by Gasteiger charge is -2.38. The molecule has 5 aliphatic rings. The Morgan fingerprint density at radius 3 is 2.68 bits per heavy atom. The highest BCUT2D eigenvalue weighted by Gasteiger charge is 2.46. The first-order chi connectivity index (χ1) is 18.0. The number of amides is 3. The fraction of sp³-hybridized carbons (Fsp3) is 0.483. The van der Waals surface area contributed by atoms with E-state index >= 15 is 0 Å². The monoisotopic (exact) mass is 501 g/mol. The first kappa shape index (κ1) is 22.8. The number of benzene rings is 2. The molecule has 0 radical (unpaired) electrons. The van der Waals surface area contributed by atoms with Gasteiger partial charge in [-0.3, -0.25) is 24.6 Å². The highest BCUT2D eigenvalue weighted by Crippen LogP contribution is 2.48. The lowest BCUT2D eigenvalue weighted by molar-refractivity contribution is -0.136. The molecule has 1 saturated carbocycles. The van der Waals surface area contributed by atoms with Crippen LogP contribution >= 0.6 is 0 Å². The number of carbonyl (C=O) groups is 3. The number of imide groups is 1. The molecule has 37 heavy (non-hydrogen) atoms. The fourth-order valence-electron chi connectivity index (χ4n) is 6.33. The standard InChI is InChI=1S/C29H31N3O5/c33-26-7-6-24(27(34)30-26)32-16-19-13-23-25(14-22(19)28(32)35)36-17-29(23)8-10-31(11-9-29)15-18-2-1-3-21(12-18)37-20-4-5-20/h1-3,12-14,20,24H,4-11,15-17H2,(H,30,33,34). The van der Waals surface area contributed by atoms with Gasteiger partial charge >= 0.3 is 0 Å². The maximum Gasteiger partial charge on any atom is 0.255 e. The van der Waals surface area contributed by atoms with Crippen LogP contribution in [0.4, 0.5) is 0 Å². The molecule has 1 aliphatic carbocycles. The van der Waals surface area contributed by atoms with Crippen LogP contribution < -0.4 is 14.8 Å². The van der Waals surface area contributed by atoms with E-state index in [1.165, 1.54) is 11.1 Å². The Bertz CT molecular complexity index is 1290. The number of fused-ring (bicyclic) bond motifs is 3. The number of piperidine rings is 2. The molecule has 1 atom stereocenters. The van der Waals surface area contributed by atoms with Crippen LogP contribution in [0.1, 0.15) is 65.6 Å². The molecule has 4 heterocycles. The molecular weight excluding hydrogens is 470 g/mol. The van der Waals surface area contributed by atoms with E-state index in [1.807, 2.05) is 12.1 Å². The van der Waals surface area contributed by atoms with Crippen molar-refractivity contribution in [3.63, 3.8) is 0 Å². The number of likely N-dealkylation sites (tertiary alicyclic amines) is 1. The van der Waals surface area contributed by atoms with E-state index in [2.05, 4.69) is 34.5 Å². The van der Waals surface area contributed by atoms with Crippen molar-refractivity contribution in [3.05, 3.63) is 58.7 Å². The SMILES string of the molecule is O=C1CCC(N2Cc3cc4c(cc3C2=O)OCC42CCN(Cc3cccc(OC4CC4)c3)CC2)C(=O)N1. The third kappa shape index (κ3) is 4.07. The third-order valence-corrected chi connectivity index (χ3v) is 8.64. The largest absolute Gasteiger partial charge is 0.492 e. The molecule has 3 amide bonds. The first-order valence-corrected chi connectivity index (χ1v) is 13.4. The summed E-state index contributed by atoms with van der Waals surface area (Å²) in [4.78, 5) is 41.3. The minimum atomic E-state index is -0.598. The van der Waals surface area contributed by atoms with Crippen LogP contribution in [0.5, 0.6) is 11.5 Å². The maximum absolute atomic E-state index is 13.2. The lowest BCUT2D eigenvalue weighted by atomic mass is 9.74. The summed E-state index contributed by atoms with van der Waals surface area (Å²) in [5.41, 5.74) is 4.01. The summed E-state index contributed by atoms with van der Waals surface area (Å²) in [6, 6.07) is 11.9. The van der Waals surface area contributed by atoms with Crippen molar-refractivity contribution in [2.24, 2.45) is 0 Å². The van der Waals surface area contributed by atoms with Gasteiger partial charge in [0.25, 0.3) is 5.91 Å². The van der Waals surface area contributed by atoms with E-state index in [0.717, 1.165) is 62.4 Å². The summed E-state index contributed by atoms with van der Waals surface area (Å²) < 4.78 is 12.1. The summed E-state index contributed by atoms with van der Waals surface area (Å²) in [6.45, 7) is 3.92. The summed E-state index contributed by atoms with van der Waals surface area (Å²) >= 11 is 0. The van der Waals surface area contributed by atoms with Crippen LogP contribution in [-0.4, -0.2) is 59.4 Å². The molecule has 8 heteroatoms. The summed E-state index contributed by atoms with van der Waals surface area (Å²) in [5.74, 6) is 0.969. The van der Waals surface area contributed by atoms with Gasteiger partial charge in [-0.25, -0.2) is 0 Å². The Hall–Kier alpha value is -3.39. The zero-order valence-corrected chi connectivity index (χ0v) is 20.8. The van der Waals surface area contributed by atoms with Gasteiger partial charge in [0.1, 0.15) is 17.5 Å². The highest BCUT2D eigenvalue weighted by atomic mass is 16.5. The zero-order chi connectivity index (χ0) is 25.1. The summed E-state index contributed by atoms with van der Waals surface area (Å²) in [6.07, 6.45) is 5.36. The Morgan fingerprint density at radius 2 is 1.89 bits per heavy atom. The molecule has 4 aliphatic heterocycles. The summed E-state index contributed by atoms with van der Waals surface area (Å²) in [5, 5.41) is 2.37. The van der Waals surface area contributed by atoms with Gasteiger partial charge in [0.15, 0.2) is 0 Å². The van der Waals surface area contributed by atoms with Gasteiger partial charge in [-0.05, 0) is 80.6 Å². The van der Waals surface area contributed by atoms with Crippen molar-refractivity contribution in [1.82, 2.24) is 15.1 Å². The molecular formula is C29H31N3O5. The second kappa shape index (κ2) is 8.58. The van der Waals surface area contributed by atoms with E-state index in [1.54, 1.807) is 4.90 Å². The highest BCUT2D eigenvalue weighted by molar-refractivity contribution is 6.05. The topological polar surface area (TPSA) is 88.2 Å². The Morgan fingerprint density at radius 1 is 1.05 bits per heavy atom. The number of nitrogens with zero attached hydrogens (tertiary/aromatic N) is 2. The molecule has 0 aromatic heterocycles. The molecule has 1 unspecified atom stereocenters. The van der Waals surface area contributed by atoms with Gasteiger partial charge in [-0.1, -0.05) is 12.1 Å². The normalized spacial score (nSPS) is 24.6. The minimum Gasteiger partial charge on any atom is -0.492 e. The maximum atomic E-state index is 13.2. The third-order valence-electron chi connectivity index (χ3n) is 8.64. The minimum absolute atomic E-state index is 0.0388. The average Bonchev–Trinajstić information content (AvgIpc) is 3.57. The second-order valence-corrected chi connectivity index (χ2v) is 11.2. The van der Waals surface area contributed by atoms with Crippen molar-refractivity contribution in [1.29, 1.82) is 0 Å². The molecule has 8 nitrogen and oxygen atoms in total. The number of nitrogens with one attached hydrogen (secondary N) is 1. The molecule has 0 bridgehead atoms. The van der Waals surface area contributed by atoms with Gasteiger partial charge in [0.2, 0.25) is 11.8 Å². The van der Waals surface area contributed by atoms with Crippen LogP contribution in [0.25, 0.3) is 0 Å². The van der Waals surface area contributed by atoms with E-state index in [9.17, 15) is 14.4 Å². The van der Waals surface area contributed by atoms with Crippen LogP contribution in [0.15, 0.2) is 36.4 Å². The van der Waals surface area contributed by atoms with Gasteiger partial charge in [0, 0.05) is 36.1 Å². The number of hydrogen-bond donors (Lipinski definition) is 1. The fourth-order valence-corrected chi connectivity index (χ4v) is 6.33. The molecule has 1 N–H and O–H groups in total. The average molecular weight is 502 g/mol. The summed E-state index contributed by atoms with van der Waals surface area (Å²) in [7, 11) is 0. The number of carbonyl (C=O) groups excluding carboxylic acids is 3. The van der Waals surface area contributed by atoms with E-state index < -0.39 is 6.04 Å². The predicted octanol–water partition coefficient (Wildman–Crippen LogP) is 2.92. The van der Waals surface area contributed by atoms with E-state index in [-0.39, 0.29) is 29.6 Å². The molecule has 192 valence electrons. The lowest BCUT2D eigenvalue weighted by Crippen LogP contribution is -2.52. The van der Waals surface area contributed by atoms with Crippen molar-refractivity contribution in [3.8, 4) is 11.5 Å². The smallest absolute Gasteiger partial charge is 0.255 e. The van der Waals surface area contributed by atoms with Gasteiger partial charge in [-0.2, -0.15) is 0 Å². The molecule has 7 rings (SSSR count). The van der Waals surface area contributed by atoms with Gasteiger partial charge in [-0.15, -0.1) is 0 Å². The Balaban J connectivity index is 1.05. The van der Waals surface area contributed by atoms with Gasteiger partial charge in [0.05, 0.1) is 12.7 Å². The quantitative estimate of drug-likeness (QED) is 0.634. The van der Waals surface area contributed by atoms with Crippen molar-refractivity contribution in [2.45, 2.75) is 69.2 Å². The van der Waals surface area contributed by atoms with E-state index in [4.69, 9.17) is 9.47 Å². The van der Waals surface area contributed by atoms with Crippen LogP contribution in [0.2, 0.25) is 0 Å². The molecule has 3 fully saturated rings. The molecule has 2 saturated heterocycles. The van der Waals surface area contributed by atoms with E-state index in [0.29, 0.717) is 31.2 Å².